The second-order valence-corrected chi connectivity index (χ2v) is 6.70. The van der Waals surface area contributed by atoms with Gasteiger partial charge in [0, 0.05) is 17.0 Å². The van der Waals surface area contributed by atoms with Gasteiger partial charge in [-0.05, 0) is 35.6 Å². The fourth-order valence-electron chi connectivity index (χ4n) is 2.90. The van der Waals surface area contributed by atoms with Gasteiger partial charge in [0.1, 0.15) is 12.2 Å². The number of aryl methyl sites for hydroxylation is 1. The molecule has 1 aliphatic heterocycles. The Labute approximate surface area is 143 Å². The predicted octanol–water partition coefficient (Wildman–Crippen LogP) is 3.14. The number of thiophene rings is 1. The SMILES string of the molecule is O=C(Nc1cccc(-c2cccs2)c1)NC1CCc2ncnn2C1. The molecular weight excluding hydrogens is 322 g/mol. The summed E-state index contributed by atoms with van der Waals surface area (Å²) >= 11 is 1.68. The highest BCUT2D eigenvalue weighted by Crippen LogP contribution is 2.26. The largest absolute Gasteiger partial charge is 0.333 e. The van der Waals surface area contributed by atoms with Crippen LogP contribution in [0.5, 0.6) is 0 Å². The Morgan fingerprint density at radius 2 is 2.25 bits per heavy atom. The Kier molecular flexibility index (Phi) is 4.00. The van der Waals surface area contributed by atoms with Crippen molar-refractivity contribution in [3.8, 4) is 10.4 Å². The zero-order valence-electron chi connectivity index (χ0n) is 13.0. The van der Waals surface area contributed by atoms with Crippen molar-refractivity contribution in [2.24, 2.45) is 0 Å². The quantitative estimate of drug-likeness (QED) is 0.770. The smallest absolute Gasteiger partial charge is 0.319 e. The first kappa shape index (κ1) is 14.9. The molecule has 0 radical (unpaired) electrons. The van der Waals surface area contributed by atoms with Gasteiger partial charge in [-0.1, -0.05) is 18.2 Å². The van der Waals surface area contributed by atoms with Crippen molar-refractivity contribution in [2.45, 2.75) is 25.4 Å². The van der Waals surface area contributed by atoms with E-state index < -0.39 is 0 Å². The molecule has 122 valence electrons. The van der Waals surface area contributed by atoms with Crippen molar-refractivity contribution >= 4 is 23.1 Å². The number of nitrogens with one attached hydrogen (secondary N) is 2. The molecule has 1 aromatic carbocycles. The summed E-state index contributed by atoms with van der Waals surface area (Å²) in [5.74, 6) is 0.983. The van der Waals surface area contributed by atoms with Gasteiger partial charge in [0.15, 0.2) is 0 Å². The molecule has 2 amide bonds. The second kappa shape index (κ2) is 6.45. The third-order valence-electron chi connectivity index (χ3n) is 4.07. The molecule has 3 heterocycles. The van der Waals surface area contributed by atoms with Gasteiger partial charge in [-0.3, -0.25) is 0 Å². The fourth-order valence-corrected chi connectivity index (χ4v) is 3.62. The van der Waals surface area contributed by atoms with Crippen LogP contribution in [-0.4, -0.2) is 26.8 Å². The van der Waals surface area contributed by atoms with E-state index in [0.717, 1.165) is 29.9 Å². The standard InChI is InChI=1S/C17H17N5OS/c23-17(21-14-6-7-16-18-11-19-22(16)10-14)20-13-4-1-3-12(9-13)15-5-2-8-24-15/h1-5,8-9,11,14H,6-7,10H2,(H2,20,21,23). The lowest BCUT2D eigenvalue weighted by molar-refractivity contribution is 0.243. The zero-order valence-corrected chi connectivity index (χ0v) is 13.8. The van der Waals surface area contributed by atoms with Crippen LogP contribution in [0, 0.1) is 0 Å². The van der Waals surface area contributed by atoms with Gasteiger partial charge < -0.3 is 10.6 Å². The number of urea groups is 1. The van der Waals surface area contributed by atoms with Crippen LogP contribution in [0.3, 0.4) is 0 Å². The Balaban J connectivity index is 1.39. The predicted molar refractivity (Wildman–Crippen MR) is 94.0 cm³/mol. The summed E-state index contributed by atoms with van der Waals surface area (Å²) in [6.45, 7) is 0.665. The molecule has 0 spiro atoms. The number of hydrogen-bond acceptors (Lipinski definition) is 4. The first-order valence-electron chi connectivity index (χ1n) is 7.86. The van der Waals surface area contributed by atoms with Crippen molar-refractivity contribution < 1.29 is 4.79 Å². The summed E-state index contributed by atoms with van der Waals surface area (Å²) in [6.07, 6.45) is 3.27. The molecule has 2 N–H and O–H groups in total. The van der Waals surface area contributed by atoms with Crippen LogP contribution in [0.4, 0.5) is 10.5 Å². The van der Waals surface area contributed by atoms with E-state index in [0.29, 0.717) is 6.54 Å². The zero-order chi connectivity index (χ0) is 16.4. The maximum absolute atomic E-state index is 12.3. The van der Waals surface area contributed by atoms with Crippen molar-refractivity contribution in [3.63, 3.8) is 0 Å². The highest BCUT2D eigenvalue weighted by atomic mass is 32.1. The number of hydrogen-bond donors (Lipinski definition) is 2. The summed E-state index contributed by atoms with van der Waals surface area (Å²) in [5.41, 5.74) is 1.89. The number of amides is 2. The van der Waals surface area contributed by atoms with E-state index in [1.54, 1.807) is 17.7 Å². The topological polar surface area (TPSA) is 71.8 Å². The lowest BCUT2D eigenvalue weighted by Gasteiger charge is -2.23. The average molecular weight is 339 g/mol. The number of aromatic nitrogens is 3. The molecule has 0 bridgehead atoms. The van der Waals surface area contributed by atoms with Gasteiger partial charge in [0.2, 0.25) is 0 Å². The van der Waals surface area contributed by atoms with Crippen LogP contribution in [-0.2, 0) is 13.0 Å². The molecule has 2 aromatic heterocycles. The van der Waals surface area contributed by atoms with Crippen LogP contribution in [0.25, 0.3) is 10.4 Å². The van der Waals surface area contributed by atoms with Gasteiger partial charge in [0.05, 0.1) is 12.6 Å². The van der Waals surface area contributed by atoms with E-state index in [2.05, 4.69) is 26.8 Å². The van der Waals surface area contributed by atoms with E-state index in [1.165, 1.54) is 4.88 Å². The minimum absolute atomic E-state index is 0.0691. The van der Waals surface area contributed by atoms with E-state index >= 15 is 0 Å². The Bertz CT molecular complexity index is 842. The number of carbonyl (C=O) groups is 1. The van der Waals surface area contributed by atoms with Gasteiger partial charge in [-0.15, -0.1) is 11.3 Å². The molecule has 1 aliphatic rings. The van der Waals surface area contributed by atoms with E-state index in [9.17, 15) is 4.79 Å². The molecule has 4 rings (SSSR count). The third-order valence-corrected chi connectivity index (χ3v) is 4.99. The number of anilines is 1. The highest BCUT2D eigenvalue weighted by molar-refractivity contribution is 7.13. The summed E-state index contributed by atoms with van der Waals surface area (Å²) < 4.78 is 1.85. The summed E-state index contributed by atoms with van der Waals surface area (Å²) in [5, 5.41) is 12.2. The van der Waals surface area contributed by atoms with Crippen molar-refractivity contribution in [2.75, 3.05) is 5.32 Å². The Morgan fingerprint density at radius 3 is 3.12 bits per heavy atom. The van der Waals surface area contributed by atoms with Crippen molar-refractivity contribution in [1.29, 1.82) is 0 Å². The molecule has 0 saturated carbocycles. The molecule has 3 aromatic rings. The molecule has 24 heavy (non-hydrogen) atoms. The fraction of sp³-hybridized carbons (Fsp3) is 0.235. The average Bonchev–Trinajstić information content (AvgIpc) is 3.26. The Hall–Kier alpha value is -2.67. The normalized spacial score (nSPS) is 16.4. The minimum Gasteiger partial charge on any atom is -0.333 e. The van der Waals surface area contributed by atoms with E-state index in [1.807, 2.05) is 40.4 Å². The maximum Gasteiger partial charge on any atom is 0.319 e. The van der Waals surface area contributed by atoms with Crippen molar-refractivity contribution in [1.82, 2.24) is 20.1 Å². The van der Waals surface area contributed by atoms with Crippen LogP contribution < -0.4 is 10.6 Å². The molecule has 0 aliphatic carbocycles. The molecule has 1 unspecified atom stereocenters. The summed E-state index contributed by atoms with van der Waals surface area (Å²) in [6, 6.07) is 11.9. The molecule has 0 fully saturated rings. The van der Waals surface area contributed by atoms with Crippen LogP contribution in [0.15, 0.2) is 48.1 Å². The molecule has 6 nitrogen and oxygen atoms in total. The lowest BCUT2D eigenvalue weighted by atomic mass is 10.1. The number of carbonyl (C=O) groups excluding carboxylic acids is 1. The minimum atomic E-state index is -0.188. The molecule has 0 saturated heterocycles. The number of nitrogens with zero attached hydrogens (tertiary/aromatic N) is 3. The van der Waals surface area contributed by atoms with Gasteiger partial charge in [0.25, 0.3) is 0 Å². The molecule has 1 atom stereocenters. The van der Waals surface area contributed by atoms with Crippen LogP contribution in [0.2, 0.25) is 0 Å². The second-order valence-electron chi connectivity index (χ2n) is 5.75. The summed E-state index contributed by atoms with van der Waals surface area (Å²) in [4.78, 5) is 17.6. The number of benzene rings is 1. The van der Waals surface area contributed by atoms with Gasteiger partial charge in [-0.2, -0.15) is 5.10 Å². The highest BCUT2D eigenvalue weighted by Gasteiger charge is 2.21. The van der Waals surface area contributed by atoms with Crippen molar-refractivity contribution in [3.05, 3.63) is 53.9 Å². The summed E-state index contributed by atoms with van der Waals surface area (Å²) in [7, 11) is 0. The lowest BCUT2D eigenvalue weighted by Crippen LogP contribution is -2.43. The number of fused-ring (bicyclic) bond motifs is 1. The van der Waals surface area contributed by atoms with E-state index in [-0.39, 0.29) is 12.1 Å². The first-order valence-corrected chi connectivity index (χ1v) is 8.74. The maximum atomic E-state index is 12.3. The van der Waals surface area contributed by atoms with Gasteiger partial charge in [-0.25, -0.2) is 14.5 Å². The van der Waals surface area contributed by atoms with Crippen LogP contribution in [0.1, 0.15) is 12.2 Å². The monoisotopic (exact) mass is 339 g/mol. The third kappa shape index (κ3) is 3.16. The Morgan fingerprint density at radius 1 is 1.29 bits per heavy atom. The first-order chi connectivity index (χ1) is 11.8. The molecule has 7 heteroatoms. The number of rotatable bonds is 3. The molecular formula is C17H17N5OS. The van der Waals surface area contributed by atoms with Crippen LogP contribution >= 0.6 is 11.3 Å². The van der Waals surface area contributed by atoms with Gasteiger partial charge >= 0.3 is 6.03 Å². The van der Waals surface area contributed by atoms with E-state index in [4.69, 9.17) is 0 Å².